The number of fused-ring (bicyclic) bond motifs is 1. The molecule has 0 spiro atoms. The second-order valence-corrected chi connectivity index (χ2v) is 7.77. The van der Waals surface area contributed by atoms with Crippen LogP contribution in [0.25, 0.3) is 11.3 Å². The van der Waals surface area contributed by atoms with E-state index in [0.29, 0.717) is 12.4 Å². The molecule has 5 N–H and O–H groups in total. The van der Waals surface area contributed by atoms with Crippen molar-refractivity contribution in [2.75, 3.05) is 12.3 Å². The molecule has 138 valence electrons. The Balaban J connectivity index is 1.52. The molecule has 1 aromatic carbocycles. The highest BCUT2D eigenvalue weighted by Crippen LogP contribution is 2.26. The molecule has 3 aromatic rings. The highest BCUT2D eigenvalue weighted by atomic mass is 32.1. The summed E-state index contributed by atoms with van der Waals surface area (Å²) in [5.41, 5.74) is 17.4. The van der Waals surface area contributed by atoms with Gasteiger partial charge in [0.1, 0.15) is 5.84 Å². The Morgan fingerprint density at radius 1 is 1.30 bits per heavy atom. The fraction of sp³-hybridized carbons (Fsp3) is 0.250. The van der Waals surface area contributed by atoms with E-state index in [1.165, 1.54) is 10.4 Å². The number of aryl methyl sites for hydroxylation is 1. The number of amidine groups is 1. The maximum Gasteiger partial charge on any atom is 0.220 e. The van der Waals surface area contributed by atoms with Crippen LogP contribution >= 0.6 is 11.3 Å². The van der Waals surface area contributed by atoms with Crippen molar-refractivity contribution in [1.82, 2.24) is 15.3 Å². The number of nitrogens with one attached hydrogen (secondary N) is 1. The van der Waals surface area contributed by atoms with Crippen molar-refractivity contribution in [3.05, 3.63) is 63.0 Å². The van der Waals surface area contributed by atoms with Gasteiger partial charge in [-0.25, -0.2) is 9.97 Å². The normalized spacial score (nSPS) is 14.2. The summed E-state index contributed by atoms with van der Waals surface area (Å²) in [7, 11) is 0. The van der Waals surface area contributed by atoms with Crippen LogP contribution in [0.2, 0.25) is 0 Å². The lowest BCUT2D eigenvalue weighted by Crippen LogP contribution is -2.21. The first-order valence-corrected chi connectivity index (χ1v) is 9.73. The summed E-state index contributed by atoms with van der Waals surface area (Å²) in [5.74, 6) is 0.891. The van der Waals surface area contributed by atoms with Crippen molar-refractivity contribution < 1.29 is 0 Å². The molecule has 0 fully saturated rings. The third kappa shape index (κ3) is 3.84. The summed E-state index contributed by atoms with van der Waals surface area (Å²) in [6.07, 6.45) is 2.74. The first-order valence-electron chi connectivity index (χ1n) is 8.91. The Kier molecular flexibility index (Phi) is 4.87. The lowest BCUT2D eigenvalue weighted by atomic mass is 10.0. The topological polar surface area (TPSA) is 102 Å². The van der Waals surface area contributed by atoms with E-state index in [0.717, 1.165) is 46.8 Å². The van der Waals surface area contributed by atoms with E-state index in [1.54, 1.807) is 17.5 Å². The minimum atomic E-state index is 0.278. The van der Waals surface area contributed by atoms with Gasteiger partial charge in [0.15, 0.2) is 0 Å². The van der Waals surface area contributed by atoms with Crippen molar-refractivity contribution >= 4 is 23.1 Å². The van der Waals surface area contributed by atoms with E-state index >= 15 is 0 Å². The van der Waals surface area contributed by atoms with Gasteiger partial charge in [-0.2, -0.15) is 0 Å². The van der Waals surface area contributed by atoms with Gasteiger partial charge >= 0.3 is 0 Å². The molecule has 6 nitrogen and oxygen atoms in total. The number of rotatable bonds is 4. The number of nitrogen functional groups attached to an aromatic ring is 1. The highest BCUT2D eigenvalue weighted by Gasteiger charge is 2.14. The Hall–Kier alpha value is -2.77. The largest absolute Gasteiger partial charge is 0.383 e. The third-order valence-corrected chi connectivity index (χ3v) is 5.99. The van der Waals surface area contributed by atoms with E-state index in [1.807, 2.05) is 12.1 Å². The Morgan fingerprint density at radius 3 is 2.96 bits per heavy atom. The lowest BCUT2D eigenvalue weighted by molar-refractivity contribution is 0.653. The summed E-state index contributed by atoms with van der Waals surface area (Å²) in [4.78, 5) is 15.3. The molecule has 0 amide bonds. The Bertz CT molecular complexity index is 984. The van der Waals surface area contributed by atoms with Gasteiger partial charge in [-0.15, -0.1) is 11.3 Å². The van der Waals surface area contributed by atoms with Gasteiger partial charge in [-0.1, -0.05) is 12.1 Å². The highest BCUT2D eigenvalue weighted by molar-refractivity contribution is 7.14. The fourth-order valence-electron chi connectivity index (χ4n) is 3.19. The smallest absolute Gasteiger partial charge is 0.220 e. The van der Waals surface area contributed by atoms with Crippen LogP contribution in [0.5, 0.6) is 0 Å². The van der Waals surface area contributed by atoms with Gasteiger partial charge in [0.2, 0.25) is 5.95 Å². The van der Waals surface area contributed by atoms with Gasteiger partial charge in [-0.05, 0) is 48.2 Å². The number of aliphatic imine (C=N–C) groups is 1. The summed E-state index contributed by atoms with van der Waals surface area (Å²) in [6, 6.07) is 10.2. The summed E-state index contributed by atoms with van der Waals surface area (Å²) >= 11 is 1.76. The molecule has 4 rings (SSSR count). The summed E-state index contributed by atoms with van der Waals surface area (Å²) in [5, 5.41) is 3.39. The molecule has 0 saturated heterocycles. The molecular weight excluding hydrogens is 356 g/mol. The first kappa shape index (κ1) is 17.6. The number of benzene rings is 1. The lowest BCUT2D eigenvalue weighted by Gasteiger charge is -2.10. The van der Waals surface area contributed by atoms with E-state index in [9.17, 15) is 0 Å². The SMILES string of the molecule is Cc1cc(-c2ccnc(N)n2)ccc1CN=C(N)c1cc2c(s1)CCNC2. The standard InChI is InChI=1S/C20H22N6S/c1-12-8-13(16-4-7-24-20(22)26-16)2-3-14(12)11-25-19(21)18-9-15-10-23-6-5-17(15)27-18/h2-4,7-9,23H,5-6,10-11H2,1H3,(H2,21,25)(H2,22,24,26). The van der Waals surface area contributed by atoms with E-state index in [4.69, 9.17) is 11.5 Å². The minimum Gasteiger partial charge on any atom is -0.383 e. The Labute approximate surface area is 162 Å². The Morgan fingerprint density at radius 2 is 2.19 bits per heavy atom. The van der Waals surface area contributed by atoms with Crippen molar-refractivity contribution in [3.63, 3.8) is 0 Å². The second kappa shape index (κ2) is 7.46. The van der Waals surface area contributed by atoms with Crippen molar-refractivity contribution in [2.24, 2.45) is 10.7 Å². The molecule has 0 radical (unpaired) electrons. The van der Waals surface area contributed by atoms with Crippen LogP contribution in [0.4, 0.5) is 5.95 Å². The quantitative estimate of drug-likeness (QED) is 0.478. The zero-order valence-electron chi connectivity index (χ0n) is 15.2. The van der Waals surface area contributed by atoms with Crippen LogP contribution in [-0.4, -0.2) is 22.3 Å². The molecule has 3 heterocycles. The number of nitrogens with zero attached hydrogens (tertiary/aromatic N) is 3. The fourth-order valence-corrected chi connectivity index (χ4v) is 4.30. The first-order chi connectivity index (χ1) is 13.1. The molecule has 0 bridgehead atoms. The van der Waals surface area contributed by atoms with Crippen LogP contribution in [0.3, 0.4) is 0 Å². The number of hydrogen-bond donors (Lipinski definition) is 3. The predicted octanol–water partition coefficient (Wildman–Crippen LogP) is 2.65. The number of anilines is 1. The van der Waals surface area contributed by atoms with Crippen molar-refractivity contribution in [1.29, 1.82) is 0 Å². The number of thiophene rings is 1. The van der Waals surface area contributed by atoms with Crippen LogP contribution in [0.15, 0.2) is 41.5 Å². The minimum absolute atomic E-state index is 0.278. The maximum absolute atomic E-state index is 6.25. The van der Waals surface area contributed by atoms with E-state index < -0.39 is 0 Å². The molecule has 0 atom stereocenters. The number of nitrogens with two attached hydrogens (primary N) is 2. The summed E-state index contributed by atoms with van der Waals surface area (Å²) in [6.45, 7) is 4.59. The molecule has 0 unspecified atom stereocenters. The molecule has 27 heavy (non-hydrogen) atoms. The molecule has 1 aliphatic rings. The summed E-state index contributed by atoms with van der Waals surface area (Å²) < 4.78 is 0. The molecule has 0 aliphatic carbocycles. The van der Waals surface area contributed by atoms with Gasteiger partial charge in [0.05, 0.1) is 17.1 Å². The predicted molar refractivity (Wildman–Crippen MR) is 111 cm³/mol. The zero-order valence-corrected chi connectivity index (χ0v) is 16.0. The van der Waals surface area contributed by atoms with E-state index in [-0.39, 0.29) is 5.95 Å². The monoisotopic (exact) mass is 378 g/mol. The average molecular weight is 379 g/mol. The van der Waals surface area contributed by atoms with Gasteiger partial charge in [-0.3, -0.25) is 4.99 Å². The van der Waals surface area contributed by atoms with Gasteiger partial charge in [0, 0.05) is 29.7 Å². The zero-order chi connectivity index (χ0) is 18.8. The molecule has 2 aromatic heterocycles. The second-order valence-electron chi connectivity index (χ2n) is 6.63. The van der Waals surface area contributed by atoms with Gasteiger partial charge in [0.25, 0.3) is 0 Å². The number of aromatic nitrogens is 2. The van der Waals surface area contributed by atoms with E-state index in [2.05, 4.69) is 45.4 Å². The molecular formula is C20H22N6S. The molecule has 7 heteroatoms. The molecule has 0 saturated carbocycles. The van der Waals surface area contributed by atoms with Crippen LogP contribution in [0, 0.1) is 6.92 Å². The maximum atomic E-state index is 6.25. The average Bonchev–Trinajstić information content (AvgIpc) is 3.11. The molecule has 1 aliphatic heterocycles. The van der Waals surface area contributed by atoms with Crippen molar-refractivity contribution in [2.45, 2.75) is 26.4 Å². The number of hydrogen-bond acceptors (Lipinski definition) is 6. The van der Waals surface area contributed by atoms with Crippen molar-refractivity contribution in [3.8, 4) is 11.3 Å². The van der Waals surface area contributed by atoms with Gasteiger partial charge < -0.3 is 16.8 Å². The van der Waals surface area contributed by atoms with Crippen LogP contribution in [-0.2, 0) is 19.5 Å². The van der Waals surface area contributed by atoms with Crippen LogP contribution in [0.1, 0.15) is 26.4 Å². The third-order valence-electron chi connectivity index (χ3n) is 4.73. The van der Waals surface area contributed by atoms with Crippen LogP contribution < -0.4 is 16.8 Å².